The summed E-state index contributed by atoms with van der Waals surface area (Å²) >= 11 is 6.34. The van der Waals surface area contributed by atoms with Crippen LogP contribution in [-0.2, 0) is 0 Å². The molecule has 1 rings (SSSR count). The van der Waals surface area contributed by atoms with E-state index in [-0.39, 0.29) is 21.9 Å². The summed E-state index contributed by atoms with van der Waals surface area (Å²) in [6.45, 7) is 10.3. The third-order valence-electron chi connectivity index (χ3n) is 2.89. The van der Waals surface area contributed by atoms with E-state index in [1.165, 1.54) is 0 Å². The van der Waals surface area contributed by atoms with Crippen molar-refractivity contribution in [2.75, 3.05) is 29.5 Å². The summed E-state index contributed by atoms with van der Waals surface area (Å²) in [5, 5.41) is 6.98. The molecule has 2 N–H and O–H groups in total. The van der Waals surface area contributed by atoms with Crippen LogP contribution >= 0.6 is 36.8 Å². The number of halogens is 1. The Labute approximate surface area is 151 Å². The molecule has 5 heteroatoms. The second-order valence-electron chi connectivity index (χ2n) is 6.32. The number of hydrogen-bond donors (Lipinski definition) is 3. The molecule has 0 fully saturated rings. The lowest BCUT2D eigenvalue weighted by atomic mass is 10.1. The van der Waals surface area contributed by atoms with Crippen LogP contribution in [-0.4, -0.2) is 28.3 Å². The van der Waals surface area contributed by atoms with Gasteiger partial charge in [-0.15, -0.1) is 30.6 Å². The molecule has 0 saturated heterocycles. The predicted octanol–water partition coefficient (Wildman–Crippen LogP) is 4.79. The minimum Gasteiger partial charge on any atom is -0.382 e. The maximum absolute atomic E-state index is 5.34. The number of benzene rings is 1. The van der Waals surface area contributed by atoms with Crippen molar-refractivity contribution in [2.45, 2.75) is 37.2 Å². The Bertz CT molecular complexity index is 490. The van der Waals surface area contributed by atoms with Crippen LogP contribution in [0.2, 0.25) is 0 Å². The van der Waals surface area contributed by atoms with Gasteiger partial charge in [-0.2, -0.15) is 12.6 Å². The summed E-state index contributed by atoms with van der Waals surface area (Å²) in [5.41, 5.74) is 2.22. The van der Waals surface area contributed by atoms with Gasteiger partial charge in [0.15, 0.2) is 0 Å². The molecule has 22 heavy (non-hydrogen) atoms. The molecule has 0 atom stereocenters. The van der Waals surface area contributed by atoms with Gasteiger partial charge in [0.2, 0.25) is 0 Å². The van der Waals surface area contributed by atoms with E-state index in [9.17, 15) is 0 Å². The molecular formula is C17H27ClN2S2. The number of anilines is 2. The van der Waals surface area contributed by atoms with Gasteiger partial charge in [-0.1, -0.05) is 18.1 Å². The molecule has 0 aliphatic rings. The molecule has 0 heterocycles. The Morgan fingerprint density at radius 2 is 1.59 bits per heavy atom. The molecule has 124 valence electrons. The van der Waals surface area contributed by atoms with Gasteiger partial charge in [0.05, 0.1) is 17.1 Å². The van der Waals surface area contributed by atoms with E-state index in [4.69, 9.17) is 6.42 Å². The van der Waals surface area contributed by atoms with Crippen molar-refractivity contribution in [2.24, 2.45) is 0 Å². The lowest BCUT2D eigenvalue weighted by molar-refractivity contribution is 0.748. The summed E-state index contributed by atoms with van der Waals surface area (Å²) < 4.78 is 0.0529. The van der Waals surface area contributed by atoms with Gasteiger partial charge in [-0.3, -0.25) is 0 Å². The second-order valence-corrected chi connectivity index (χ2v) is 9.21. The SMILES string of the molecule is C#CCSC(C)(C)CNc1ccccc1NCC(C)(C)S.Cl. The largest absolute Gasteiger partial charge is 0.382 e. The van der Waals surface area contributed by atoms with E-state index < -0.39 is 0 Å². The number of para-hydroxylation sites is 2. The average molecular weight is 359 g/mol. The van der Waals surface area contributed by atoms with E-state index in [0.717, 1.165) is 30.2 Å². The Morgan fingerprint density at radius 1 is 1.09 bits per heavy atom. The van der Waals surface area contributed by atoms with Crippen LogP contribution in [0.15, 0.2) is 24.3 Å². The monoisotopic (exact) mass is 358 g/mol. The topological polar surface area (TPSA) is 24.1 Å². The maximum Gasteiger partial charge on any atom is 0.0576 e. The smallest absolute Gasteiger partial charge is 0.0576 e. The van der Waals surface area contributed by atoms with E-state index in [1.54, 1.807) is 11.8 Å². The Morgan fingerprint density at radius 3 is 2.05 bits per heavy atom. The van der Waals surface area contributed by atoms with E-state index >= 15 is 0 Å². The lowest BCUT2D eigenvalue weighted by Gasteiger charge is -2.26. The van der Waals surface area contributed by atoms with Crippen LogP contribution in [0.5, 0.6) is 0 Å². The van der Waals surface area contributed by atoms with Crippen molar-refractivity contribution in [3.05, 3.63) is 24.3 Å². The summed E-state index contributed by atoms with van der Waals surface area (Å²) in [4.78, 5) is 0. The second kappa shape index (κ2) is 9.50. The zero-order chi connectivity index (χ0) is 15.9. The molecule has 0 unspecified atom stereocenters. The fourth-order valence-corrected chi connectivity index (χ4v) is 2.43. The average Bonchev–Trinajstić information content (AvgIpc) is 2.41. The molecule has 0 spiro atoms. The third kappa shape index (κ3) is 8.73. The summed E-state index contributed by atoms with van der Waals surface area (Å²) in [6, 6.07) is 8.26. The number of thioether (sulfide) groups is 1. The number of rotatable bonds is 8. The van der Waals surface area contributed by atoms with Gasteiger partial charge in [0.25, 0.3) is 0 Å². The number of terminal acetylenes is 1. The molecule has 0 saturated carbocycles. The molecule has 0 aromatic heterocycles. The minimum atomic E-state index is -0.0466. The first-order valence-electron chi connectivity index (χ1n) is 7.10. The Kier molecular flexibility index (Phi) is 9.22. The number of hydrogen-bond acceptors (Lipinski definition) is 4. The van der Waals surface area contributed by atoms with Crippen LogP contribution in [0.4, 0.5) is 11.4 Å². The van der Waals surface area contributed by atoms with Crippen LogP contribution in [0.3, 0.4) is 0 Å². The first kappa shape index (κ1) is 21.4. The third-order valence-corrected chi connectivity index (χ3v) is 4.28. The van der Waals surface area contributed by atoms with Crippen LogP contribution < -0.4 is 10.6 Å². The van der Waals surface area contributed by atoms with Gasteiger partial charge >= 0.3 is 0 Å². The van der Waals surface area contributed by atoms with Gasteiger partial charge in [0, 0.05) is 22.6 Å². The molecule has 2 nitrogen and oxygen atoms in total. The van der Waals surface area contributed by atoms with Crippen molar-refractivity contribution >= 4 is 48.2 Å². The zero-order valence-electron chi connectivity index (χ0n) is 13.8. The highest BCUT2D eigenvalue weighted by molar-refractivity contribution is 8.00. The fourth-order valence-electron chi connectivity index (χ4n) is 1.70. The van der Waals surface area contributed by atoms with Crippen molar-refractivity contribution in [3.63, 3.8) is 0 Å². The normalized spacial score (nSPS) is 11.3. The van der Waals surface area contributed by atoms with Crippen LogP contribution in [0, 0.1) is 12.3 Å². The van der Waals surface area contributed by atoms with Crippen LogP contribution in [0.1, 0.15) is 27.7 Å². The standard InChI is InChI=1S/C17H26N2S2.ClH/c1-6-11-21-17(4,5)13-19-15-10-8-7-9-14(15)18-12-16(2,3)20;/h1,7-10,18-20H,11-13H2,2-5H3;1H. The molecule has 0 aliphatic carbocycles. The molecule has 1 aromatic carbocycles. The maximum atomic E-state index is 5.34. The summed E-state index contributed by atoms with van der Waals surface area (Å²) in [7, 11) is 0. The van der Waals surface area contributed by atoms with E-state index in [2.05, 4.69) is 69.0 Å². The molecule has 0 amide bonds. The summed E-state index contributed by atoms with van der Waals surface area (Å²) in [5.74, 6) is 3.42. The number of nitrogens with one attached hydrogen (secondary N) is 2. The molecular weight excluding hydrogens is 332 g/mol. The number of thiol groups is 1. The highest BCUT2D eigenvalue weighted by Gasteiger charge is 2.18. The first-order chi connectivity index (χ1) is 9.73. The van der Waals surface area contributed by atoms with Crippen molar-refractivity contribution in [1.82, 2.24) is 0 Å². The first-order valence-corrected chi connectivity index (χ1v) is 8.53. The van der Waals surface area contributed by atoms with Crippen molar-refractivity contribution in [1.29, 1.82) is 0 Å². The molecule has 0 radical (unpaired) electrons. The van der Waals surface area contributed by atoms with Gasteiger partial charge in [-0.25, -0.2) is 0 Å². The lowest BCUT2D eigenvalue weighted by Crippen LogP contribution is -2.28. The molecule has 0 bridgehead atoms. The van der Waals surface area contributed by atoms with Crippen LogP contribution in [0.25, 0.3) is 0 Å². The molecule has 1 aromatic rings. The molecule has 0 aliphatic heterocycles. The quantitative estimate of drug-likeness (QED) is 0.460. The highest BCUT2D eigenvalue weighted by atomic mass is 35.5. The van der Waals surface area contributed by atoms with Gasteiger partial charge < -0.3 is 10.6 Å². The fraction of sp³-hybridized carbons (Fsp3) is 0.529. The zero-order valence-corrected chi connectivity index (χ0v) is 16.3. The minimum absolute atomic E-state index is 0. The predicted molar refractivity (Wildman–Crippen MR) is 109 cm³/mol. The van der Waals surface area contributed by atoms with E-state index in [0.29, 0.717) is 0 Å². The van der Waals surface area contributed by atoms with Crippen molar-refractivity contribution < 1.29 is 0 Å². The van der Waals surface area contributed by atoms with Gasteiger partial charge in [0.1, 0.15) is 0 Å². The highest BCUT2D eigenvalue weighted by Crippen LogP contribution is 2.27. The Hall–Kier alpha value is -0.630. The summed E-state index contributed by atoms with van der Waals surface area (Å²) in [6.07, 6.45) is 5.34. The van der Waals surface area contributed by atoms with Crippen molar-refractivity contribution in [3.8, 4) is 12.3 Å². The van der Waals surface area contributed by atoms with E-state index in [1.807, 2.05) is 12.1 Å². The Balaban J connectivity index is 0.00000441. The van der Waals surface area contributed by atoms with Gasteiger partial charge in [-0.05, 0) is 39.8 Å².